The SMILES string of the molecule is CC(C)CCN(CC(=O)O)C(=O)c1ccc2c(c1)Cc1cccc(c1)CN(C(C)C)CCOCCO2. The molecule has 2 aromatic carbocycles. The zero-order valence-corrected chi connectivity index (χ0v) is 22.0. The zero-order valence-electron chi connectivity index (χ0n) is 22.0. The predicted octanol–water partition coefficient (Wildman–Crippen LogP) is 4.47. The van der Waals surface area contributed by atoms with E-state index in [1.54, 1.807) is 6.07 Å². The summed E-state index contributed by atoms with van der Waals surface area (Å²) in [4.78, 5) is 28.6. The molecule has 1 aliphatic rings. The van der Waals surface area contributed by atoms with Crippen LogP contribution in [0.4, 0.5) is 0 Å². The molecule has 0 saturated carbocycles. The van der Waals surface area contributed by atoms with Crippen LogP contribution in [0.2, 0.25) is 0 Å². The molecule has 0 aromatic heterocycles. The lowest BCUT2D eigenvalue weighted by molar-refractivity contribution is -0.137. The van der Waals surface area contributed by atoms with Crippen molar-refractivity contribution in [2.45, 2.75) is 53.1 Å². The van der Waals surface area contributed by atoms with Crippen molar-refractivity contribution in [1.29, 1.82) is 0 Å². The van der Waals surface area contributed by atoms with Crippen molar-refractivity contribution in [3.63, 3.8) is 0 Å². The van der Waals surface area contributed by atoms with Crippen molar-refractivity contribution < 1.29 is 24.2 Å². The number of nitrogens with zero attached hydrogens (tertiary/aromatic N) is 2. The van der Waals surface area contributed by atoms with Gasteiger partial charge in [-0.15, -0.1) is 0 Å². The molecule has 1 amide bonds. The van der Waals surface area contributed by atoms with E-state index in [-0.39, 0.29) is 12.5 Å². The van der Waals surface area contributed by atoms with E-state index in [1.807, 2.05) is 12.1 Å². The third-order valence-corrected chi connectivity index (χ3v) is 6.41. The molecule has 7 heteroatoms. The van der Waals surface area contributed by atoms with Gasteiger partial charge in [-0.3, -0.25) is 14.5 Å². The Kier molecular flexibility index (Phi) is 10.3. The number of carbonyl (C=O) groups excluding carboxylic acids is 1. The second kappa shape index (κ2) is 13.4. The van der Waals surface area contributed by atoms with E-state index in [9.17, 15) is 14.7 Å². The van der Waals surface area contributed by atoms with E-state index < -0.39 is 5.97 Å². The second-order valence-corrected chi connectivity index (χ2v) is 10.1. The van der Waals surface area contributed by atoms with Gasteiger partial charge in [-0.25, -0.2) is 0 Å². The first-order chi connectivity index (χ1) is 17.2. The summed E-state index contributed by atoms with van der Waals surface area (Å²) in [5.41, 5.74) is 3.74. The Morgan fingerprint density at radius 2 is 1.81 bits per heavy atom. The van der Waals surface area contributed by atoms with Crippen LogP contribution in [0.25, 0.3) is 0 Å². The summed E-state index contributed by atoms with van der Waals surface area (Å²) >= 11 is 0. The smallest absolute Gasteiger partial charge is 0.323 e. The molecule has 7 nitrogen and oxygen atoms in total. The first-order valence-electron chi connectivity index (χ1n) is 12.9. The summed E-state index contributed by atoms with van der Waals surface area (Å²) in [6.45, 7) is 11.8. The normalized spacial score (nSPS) is 15.2. The fourth-order valence-electron chi connectivity index (χ4n) is 4.31. The molecule has 1 N–H and O–H groups in total. The number of ether oxygens (including phenoxy) is 2. The minimum atomic E-state index is -1.01. The minimum Gasteiger partial charge on any atom is -0.491 e. The van der Waals surface area contributed by atoms with E-state index in [4.69, 9.17) is 9.47 Å². The lowest BCUT2D eigenvalue weighted by Gasteiger charge is -2.27. The molecule has 36 heavy (non-hydrogen) atoms. The highest BCUT2D eigenvalue weighted by Gasteiger charge is 2.21. The van der Waals surface area contributed by atoms with Crippen molar-refractivity contribution in [2.24, 2.45) is 5.92 Å². The van der Waals surface area contributed by atoms with Crippen molar-refractivity contribution in [3.8, 4) is 5.75 Å². The molecule has 3 rings (SSSR count). The Morgan fingerprint density at radius 3 is 2.53 bits per heavy atom. The number of rotatable bonds is 7. The standard InChI is InChI=1S/C29H40N2O5/c1-21(2)10-11-31(20-28(32)33)29(34)25-8-9-27-26(18-25)17-23-6-5-7-24(16-23)19-30(22(3)4)12-13-35-14-15-36-27/h5-9,16,18,21-22H,10-15,17,19-20H2,1-4H3,(H,32,33). The number of carbonyl (C=O) groups is 2. The van der Waals surface area contributed by atoms with Gasteiger partial charge in [0.15, 0.2) is 0 Å². The van der Waals surface area contributed by atoms with Crippen LogP contribution in [0.15, 0.2) is 42.5 Å². The third kappa shape index (κ3) is 8.35. The molecule has 0 atom stereocenters. The molecule has 1 heterocycles. The molecular weight excluding hydrogens is 456 g/mol. The van der Waals surface area contributed by atoms with Gasteiger partial charge < -0.3 is 19.5 Å². The lowest BCUT2D eigenvalue weighted by Crippen LogP contribution is -2.37. The fourth-order valence-corrected chi connectivity index (χ4v) is 4.31. The van der Waals surface area contributed by atoms with Crippen LogP contribution in [-0.4, -0.2) is 72.3 Å². The van der Waals surface area contributed by atoms with Crippen molar-refractivity contribution in [3.05, 3.63) is 64.7 Å². The van der Waals surface area contributed by atoms with Crippen LogP contribution in [0.3, 0.4) is 0 Å². The number of aliphatic carboxylic acids is 1. The average Bonchev–Trinajstić information content (AvgIpc) is 2.82. The first-order valence-corrected chi connectivity index (χ1v) is 12.9. The summed E-state index contributed by atoms with van der Waals surface area (Å²) in [7, 11) is 0. The van der Waals surface area contributed by atoms with Crippen LogP contribution in [0.1, 0.15) is 61.2 Å². The highest BCUT2D eigenvalue weighted by atomic mass is 16.5. The first kappa shape index (κ1) is 27.7. The summed E-state index contributed by atoms with van der Waals surface area (Å²) in [6.07, 6.45) is 1.35. The predicted molar refractivity (Wildman–Crippen MR) is 141 cm³/mol. The topological polar surface area (TPSA) is 79.3 Å². The average molecular weight is 497 g/mol. The van der Waals surface area contributed by atoms with Crippen molar-refractivity contribution >= 4 is 11.9 Å². The summed E-state index contributed by atoms with van der Waals surface area (Å²) in [6, 6.07) is 14.3. The molecule has 0 fully saturated rings. The van der Waals surface area contributed by atoms with Gasteiger partial charge in [0, 0.05) is 37.7 Å². The Bertz CT molecular complexity index is 1020. The Hall–Kier alpha value is -2.90. The van der Waals surface area contributed by atoms with Gasteiger partial charge in [0.25, 0.3) is 5.91 Å². The van der Waals surface area contributed by atoms with Crippen LogP contribution >= 0.6 is 0 Å². The van der Waals surface area contributed by atoms with Gasteiger partial charge in [-0.1, -0.05) is 38.1 Å². The maximum atomic E-state index is 13.3. The number of benzene rings is 2. The zero-order chi connectivity index (χ0) is 26.1. The van der Waals surface area contributed by atoms with Crippen LogP contribution in [0.5, 0.6) is 5.75 Å². The van der Waals surface area contributed by atoms with Crippen molar-refractivity contribution in [2.75, 3.05) is 39.5 Å². The molecule has 0 saturated heterocycles. The van der Waals surface area contributed by atoms with E-state index in [1.165, 1.54) is 10.5 Å². The van der Waals surface area contributed by atoms with Crippen LogP contribution in [-0.2, 0) is 22.5 Å². The van der Waals surface area contributed by atoms with E-state index >= 15 is 0 Å². The monoisotopic (exact) mass is 496 g/mol. The third-order valence-electron chi connectivity index (χ3n) is 6.41. The number of hydrogen-bond acceptors (Lipinski definition) is 5. The molecule has 196 valence electrons. The Morgan fingerprint density at radius 1 is 1.03 bits per heavy atom. The van der Waals surface area contributed by atoms with Gasteiger partial charge in [0.2, 0.25) is 0 Å². The highest BCUT2D eigenvalue weighted by Crippen LogP contribution is 2.25. The highest BCUT2D eigenvalue weighted by molar-refractivity contribution is 5.96. The molecule has 0 spiro atoms. The second-order valence-electron chi connectivity index (χ2n) is 10.1. The van der Waals surface area contributed by atoms with Gasteiger partial charge >= 0.3 is 5.97 Å². The number of fused-ring (bicyclic) bond motifs is 3. The molecule has 2 bridgehead atoms. The van der Waals surface area contributed by atoms with Crippen LogP contribution < -0.4 is 4.74 Å². The van der Waals surface area contributed by atoms with E-state index in [0.717, 1.165) is 30.6 Å². The summed E-state index contributed by atoms with van der Waals surface area (Å²) < 4.78 is 11.9. The van der Waals surface area contributed by atoms with Crippen LogP contribution in [0, 0.1) is 5.92 Å². The molecule has 1 aliphatic heterocycles. The van der Waals surface area contributed by atoms with E-state index in [2.05, 4.69) is 56.9 Å². The fraction of sp³-hybridized carbons (Fsp3) is 0.517. The quantitative estimate of drug-likeness (QED) is 0.609. The molecular formula is C29H40N2O5. The molecule has 0 aliphatic carbocycles. The van der Waals surface area contributed by atoms with Gasteiger partial charge in [0.05, 0.1) is 13.2 Å². The Balaban J connectivity index is 1.91. The largest absolute Gasteiger partial charge is 0.491 e. The molecule has 0 unspecified atom stereocenters. The molecule has 0 radical (unpaired) electrons. The number of hydrogen-bond donors (Lipinski definition) is 1. The van der Waals surface area contributed by atoms with Gasteiger partial charge in [-0.05, 0) is 61.1 Å². The number of carboxylic acid groups (broad SMARTS) is 1. The summed E-state index contributed by atoms with van der Waals surface area (Å²) in [5, 5.41) is 9.36. The molecule has 2 aromatic rings. The van der Waals surface area contributed by atoms with Gasteiger partial charge in [-0.2, -0.15) is 0 Å². The maximum absolute atomic E-state index is 13.3. The maximum Gasteiger partial charge on any atom is 0.323 e. The lowest BCUT2D eigenvalue weighted by atomic mass is 9.99. The van der Waals surface area contributed by atoms with Crippen molar-refractivity contribution in [1.82, 2.24) is 9.80 Å². The van der Waals surface area contributed by atoms with E-state index in [0.29, 0.717) is 56.1 Å². The van der Waals surface area contributed by atoms with Gasteiger partial charge in [0.1, 0.15) is 18.9 Å². The number of amides is 1. The summed E-state index contributed by atoms with van der Waals surface area (Å²) in [5.74, 6) is -0.201. The minimum absolute atomic E-state index is 0.273. The number of carboxylic acids is 1. The Labute approximate surface area is 215 Å².